The summed E-state index contributed by atoms with van der Waals surface area (Å²) < 4.78 is 25.9. The molecule has 80 valence electrons. The summed E-state index contributed by atoms with van der Waals surface area (Å²) >= 11 is 11.5. The van der Waals surface area contributed by atoms with Crippen molar-refractivity contribution in [2.75, 3.05) is 0 Å². The summed E-state index contributed by atoms with van der Waals surface area (Å²) in [6.07, 6.45) is -0.868. The molecule has 0 amide bonds. The molecule has 2 nitrogen and oxygen atoms in total. The van der Waals surface area contributed by atoms with Gasteiger partial charge in [0.2, 0.25) is 0 Å². The lowest BCUT2D eigenvalue weighted by atomic mass is 10.3. The van der Waals surface area contributed by atoms with E-state index in [2.05, 4.69) is 4.98 Å². The first-order valence-electron chi connectivity index (χ1n) is 4.17. The molecule has 0 spiro atoms. The highest BCUT2D eigenvalue weighted by atomic mass is 35.5. The average Bonchev–Trinajstić information content (AvgIpc) is 2.48. The molecule has 0 radical (unpaired) electrons. The zero-order valence-electron chi connectivity index (χ0n) is 7.42. The molecule has 0 aliphatic carbocycles. The van der Waals surface area contributed by atoms with Crippen LogP contribution in [0.1, 0.15) is 0 Å². The minimum atomic E-state index is -2.41. The normalized spacial score (nSPS) is 11.5. The Morgan fingerprint density at radius 2 is 2.13 bits per heavy atom. The lowest BCUT2D eigenvalue weighted by Gasteiger charge is -2.04. The van der Waals surface area contributed by atoms with Gasteiger partial charge in [0.1, 0.15) is 10.3 Å². The van der Waals surface area contributed by atoms with Crippen molar-refractivity contribution in [2.24, 2.45) is 0 Å². The molecule has 0 unspecified atom stereocenters. The Balaban J connectivity index is 2.58. The van der Waals surface area contributed by atoms with Crippen molar-refractivity contribution >= 4 is 34.1 Å². The molecule has 0 aromatic carbocycles. The van der Waals surface area contributed by atoms with Gasteiger partial charge < -0.3 is 4.57 Å². The van der Waals surface area contributed by atoms with E-state index < -0.39 is 6.43 Å². The summed E-state index contributed by atoms with van der Waals surface area (Å²) in [6.45, 7) is -0.375. The van der Waals surface area contributed by atoms with Crippen molar-refractivity contribution < 1.29 is 8.78 Å². The number of pyridine rings is 1. The van der Waals surface area contributed by atoms with Gasteiger partial charge in [-0.25, -0.2) is 13.8 Å². The van der Waals surface area contributed by atoms with E-state index in [4.69, 9.17) is 23.2 Å². The lowest BCUT2D eigenvalue weighted by molar-refractivity contribution is 0.128. The molecule has 0 saturated heterocycles. The van der Waals surface area contributed by atoms with Crippen LogP contribution in [0.15, 0.2) is 18.3 Å². The van der Waals surface area contributed by atoms with Gasteiger partial charge in [-0.1, -0.05) is 23.2 Å². The number of halogens is 4. The molecule has 0 fully saturated rings. The van der Waals surface area contributed by atoms with Crippen LogP contribution in [0, 0.1) is 0 Å². The molecule has 0 atom stereocenters. The number of hydrogen-bond donors (Lipinski definition) is 0. The molecular weight excluding hydrogens is 245 g/mol. The Labute approximate surface area is 94.4 Å². The van der Waals surface area contributed by atoms with Crippen molar-refractivity contribution in [2.45, 2.75) is 13.0 Å². The topological polar surface area (TPSA) is 17.8 Å². The van der Waals surface area contributed by atoms with Crippen LogP contribution in [0.3, 0.4) is 0 Å². The van der Waals surface area contributed by atoms with Crippen LogP contribution in [-0.2, 0) is 6.54 Å². The van der Waals surface area contributed by atoms with Crippen LogP contribution in [0.5, 0.6) is 0 Å². The molecule has 0 N–H and O–H groups in total. The third-order valence-electron chi connectivity index (χ3n) is 2.02. The summed E-state index contributed by atoms with van der Waals surface area (Å²) in [5, 5.41) is 1.05. The largest absolute Gasteiger partial charge is 0.342 e. The Kier molecular flexibility index (Phi) is 2.80. The Hall–Kier alpha value is -0.870. The molecule has 0 aliphatic heterocycles. The van der Waals surface area contributed by atoms with Crippen molar-refractivity contribution in [1.29, 1.82) is 0 Å². The van der Waals surface area contributed by atoms with Crippen LogP contribution in [-0.4, -0.2) is 16.0 Å². The van der Waals surface area contributed by atoms with Crippen molar-refractivity contribution in [3.05, 3.63) is 28.6 Å². The summed E-state index contributed by atoms with van der Waals surface area (Å²) in [5.74, 6) is 0. The van der Waals surface area contributed by atoms with Crippen molar-refractivity contribution in [1.82, 2.24) is 9.55 Å². The Morgan fingerprint density at radius 1 is 1.40 bits per heavy atom. The molecule has 2 heterocycles. The molecule has 2 aromatic heterocycles. The number of alkyl halides is 2. The Morgan fingerprint density at radius 3 is 2.80 bits per heavy atom. The lowest BCUT2D eigenvalue weighted by Crippen LogP contribution is -2.04. The highest BCUT2D eigenvalue weighted by Gasteiger charge is 2.10. The quantitative estimate of drug-likeness (QED) is 0.745. The maximum Gasteiger partial charge on any atom is 0.256 e. The van der Waals surface area contributed by atoms with E-state index in [1.807, 2.05) is 0 Å². The van der Waals surface area contributed by atoms with Gasteiger partial charge in [-0.05, 0) is 12.1 Å². The summed E-state index contributed by atoms with van der Waals surface area (Å²) in [7, 11) is 0. The fraction of sp³-hybridized carbons (Fsp3) is 0.222. The molecule has 0 aliphatic rings. The van der Waals surface area contributed by atoms with E-state index in [0.29, 0.717) is 10.9 Å². The van der Waals surface area contributed by atoms with Gasteiger partial charge in [-0.15, -0.1) is 0 Å². The summed E-state index contributed by atoms with van der Waals surface area (Å²) in [6, 6.07) is 3.16. The fourth-order valence-electron chi connectivity index (χ4n) is 1.43. The third kappa shape index (κ3) is 2.06. The van der Waals surface area contributed by atoms with Crippen molar-refractivity contribution in [3.8, 4) is 0 Å². The monoisotopic (exact) mass is 250 g/mol. The maximum absolute atomic E-state index is 12.2. The summed E-state index contributed by atoms with van der Waals surface area (Å²) in [4.78, 5) is 3.82. The number of fused-ring (bicyclic) bond motifs is 1. The second kappa shape index (κ2) is 3.94. The van der Waals surface area contributed by atoms with Crippen LogP contribution >= 0.6 is 23.2 Å². The van der Waals surface area contributed by atoms with Gasteiger partial charge in [0.05, 0.1) is 12.1 Å². The minimum absolute atomic E-state index is 0.196. The van der Waals surface area contributed by atoms with Gasteiger partial charge in [0.15, 0.2) is 0 Å². The van der Waals surface area contributed by atoms with Crippen LogP contribution < -0.4 is 0 Å². The Bertz CT molecular complexity index is 496. The van der Waals surface area contributed by atoms with Gasteiger partial charge in [-0.2, -0.15) is 0 Å². The van der Waals surface area contributed by atoms with E-state index >= 15 is 0 Å². The molecule has 15 heavy (non-hydrogen) atoms. The van der Waals surface area contributed by atoms with E-state index in [9.17, 15) is 8.78 Å². The smallest absolute Gasteiger partial charge is 0.256 e. The van der Waals surface area contributed by atoms with Gasteiger partial charge in [-0.3, -0.25) is 0 Å². The number of aromatic nitrogens is 2. The van der Waals surface area contributed by atoms with E-state index in [1.165, 1.54) is 10.6 Å². The van der Waals surface area contributed by atoms with Crippen LogP contribution in [0.2, 0.25) is 10.3 Å². The first kappa shape index (κ1) is 10.6. The molecule has 2 rings (SSSR count). The van der Waals surface area contributed by atoms with Gasteiger partial charge in [0, 0.05) is 11.6 Å². The number of nitrogens with zero attached hydrogens (tertiary/aromatic N) is 2. The first-order chi connectivity index (χ1) is 7.08. The highest BCUT2D eigenvalue weighted by Crippen LogP contribution is 2.26. The SMILES string of the molecule is FC(F)Cn1ccc2c(Cl)nc(Cl)cc21. The second-order valence-electron chi connectivity index (χ2n) is 3.03. The van der Waals surface area contributed by atoms with Crippen LogP contribution in [0.25, 0.3) is 10.9 Å². The highest BCUT2D eigenvalue weighted by molar-refractivity contribution is 6.36. The van der Waals surface area contributed by atoms with E-state index in [-0.39, 0.29) is 16.9 Å². The molecule has 2 aromatic rings. The molecule has 0 bridgehead atoms. The fourth-order valence-corrected chi connectivity index (χ4v) is 1.91. The van der Waals surface area contributed by atoms with Gasteiger partial charge in [0.25, 0.3) is 6.43 Å². The summed E-state index contributed by atoms with van der Waals surface area (Å²) in [5.41, 5.74) is 0.570. The third-order valence-corrected chi connectivity index (χ3v) is 2.51. The van der Waals surface area contributed by atoms with E-state index in [0.717, 1.165) is 0 Å². The second-order valence-corrected chi connectivity index (χ2v) is 3.77. The number of hydrogen-bond acceptors (Lipinski definition) is 1. The molecule has 0 saturated carbocycles. The number of rotatable bonds is 2. The predicted octanol–water partition coefficient (Wildman–Crippen LogP) is 3.61. The van der Waals surface area contributed by atoms with Crippen LogP contribution in [0.4, 0.5) is 8.78 Å². The zero-order chi connectivity index (χ0) is 11.0. The van der Waals surface area contributed by atoms with Crippen molar-refractivity contribution in [3.63, 3.8) is 0 Å². The molecular formula is C9H6Cl2F2N2. The van der Waals surface area contributed by atoms with Gasteiger partial charge >= 0.3 is 0 Å². The zero-order valence-corrected chi connectivity index (χ0v) is 8.93. The predicted molar refractivity (Wildman–Crippen MR) is 55.8 cm³/mol. The molecule has 6 heteroatoms. The maximum atomic E-state index is 12.2. The first-order valence-corrected chi connectivity index (χ1v) is 4.92. The minimum Gasteiger partial charge on any atom is -0.342 e. The average molecular weight is 251 g/mol. The standard InChI is InChI=1S/C9H6Cl2F2N2/c10-7-3-6-5(9(11)14-7)1-2-15(6)4-8(12)13/h1-3,8H,4H2. The van der Waals surface area contributed by atoms with E-state index in [1.54, 1.807) is 12.3 Å².